The Balaban J connectivity index is 1.61. The van der Waals surface area contributed by atoms with Crippen LogP contribution >= 0.6 is 23.8 Å². The average Bonchev–Trinajstić information content (AvgIpc) is 2.78. The maximum absolute atomic E-state index is 13.2. The van der Waals surface area contributed by atoms with Crippen LogP contribution in [0.4, 0.5) is 5.69 Å². The first-order chi connectivity index (χ1) is 15.8. The van der Waals surface area contributed by atoms with Crippen molar-refractivity contribution in [2.45, 2.75) is 20.5 Å². The Morgan fingerprint density at radius 3 is 2.27 bits per heavy atom. The molecule has 0 radical (unpaired) electrons. The van der Waals surface area contributed by atoms with Crippen molar-refractivity contribution < 1.29 is 14.3 Å². The van der Waals surface area contributed by atoms with Crippen LogP contribution in [0, 0.1) is 13.8 Å². The first-order valence-corrected chi connectivity index (χ1v) is 11.1. The molecule has 1 N–H and O–H groups in total. The van der Waals surface area contributed by atoms with Gasteiger partial charge in [-0.3, -0.25) is 19.8 Å². The van der Waals surface area contributed by atoms with E-state index in [9.17, 15) is 9.59 Å². The zero-order chi connectivity index (χ0) is 23.5. The summed E-state index contributed by atoms with van der Waals surface area (Å²) in [4.78, 5) is 27.1. The molecule has 5 nitrogen and oxygen atoms in total. The van der Waals surface area contributed by atoms with E-state index < -0.39 is 11.8 Å². The molecule has 4 rings (SSSR count). The molecule has 0 spiro atoms. The number of nitrogens with one attached hydrogen (secondary N) is 1. The highest BCUT2D eigenvalue weighted by Gasteiger charge is 2.34. The zero-order valence-corrected chi connectivity index (χ0v) is 19.7. The standard InChI is InChI=1S/C26H21ClN2O3S/c1-16-12-19(13-17(2)23(16)32-15-18-6-4-3-5-7-18)14-22-24(30)28-26(33)29(25(22)31)21-10-8-20(27)9-11-21/h3-14H,15H2,1-2H3,(H,28,30,33). The predicted molar refractivity (Wildman–Crippen MR) is 134 cm³/mol. The molecule has 166 valence electrons. The van der Waals surface area contributed by atoms with Gasteiger partial charge in [0.05, 0.1) is 5.69 Å². The van der Waals surface area contributed by atoms with Gasteiger partial charge in [-0.25, -0.2) is 0 Å². The largest absolute Gasteiger partial charge is 0.488 e. The number of hydrogen-bond donors (Lipinski definition) is 1. The summed E-state index contributed by atoms with van der Waals surface area (Å²) in [6.45, 7) is 4.33. The lowest BCUT2D eigenvalue weighted by atomic mass is 10.0. The molecule has 1 saturated heterocycles. The van der Waals surface area contributed by atoms with Gasteiger partial charge in [0, 0.05) is 5.02 Å². The Bertz CT molecular complexity index is 1250. The molecule has 7 heteroatoms. The number of anilines is 1. The second-order valence-electron chi connectivity index (χ2n) is 7.69. The van der Waals surface area contributed by atoms with E-state index in [1.54, 1.807) is 30.3 Å². The van der Waals surface area contributed by atoms with Gasteiger partial charge in [-0.15, -0.1) is 0 Å². The summed E-state index contributed by atoms with van der Waals surface area (Å²) in [5.41, 5.74) is 4.13. The van der Waals surface area contributed by atoms with Crippen LogP contribution in [0.2, 0.25) is 5.02 Å². The topological polar surface area (TPSA) is 58.6 Å². The summed E-state index contributed by atoms with van der Waals surface area (Å²) >= 11 is 11.2. The number of carbonyl (C=O) groups excluding carboxylic acids is 2. The average molecular weight is 477 g/mol. The number of halogens is 1. The SMILES string of the molecule is Cc1cc(C=C2C(=O)NC(=S)N(c3ccc(Cl)cc3)C2=O)cc(C)c1OCc1ccccc1. The first kappa shape index (κ1) is 22.7. The summed E-state index contributed by atoms with van der Waals surface area (Å²) in [6, 6.07) is 20.4. The van der Waals surface area contributed by atoms with E-state index >= 15 is 0 Å². The highest BCUT2D eigenvalue weighted by Crippen LogP contribution is 2.28. The van der Waals surface area contributed by atoms with Crippen molar-refractivity contribution in [3.63, 3.8) is 0 Å². The summed E-state index contributed by atoms with van der Waals surface area (Å²) < 4.78 is 6.04. The monoisotopic (exact) mass is 476 g/mol. The van der Waals surface area contributed by atoms with E-state index in [0.717, 1.165) is 28.0 Å². The maximum atomic E-state index is 13.2. The lowest BCUT2D eigenvalue weighted by Crippen LogP contribution is -2.54. The van der Waals surface area contributed by atoms with E-state index in [1.807, 2.05) is 56.3 Å². The Morgan fingerprint density at radius 2 is 1.64 bits per heavy atom. The van der Waals surface area contributed by atoms with Crippen molar-refractivity contribution in [2.24, 2.45) is 0 Å². The minimum atomic E-state index is -0.532. The minimum absolute atomic E-state index is 0.00435. The molecule has 2 amide bonds. The van der Waals surface area contributed by atoms with Crippen LogP contribution in [0.1, 0.15) is 22.3 Å². The Labute approximate surface area is 202 Å². The zero-order valence-electron chi connectivity index (χ0n) is 18.1. The molecule has 0 bridgehead atoms. The maximum Gasteiger partial charge on any atom is 0.270 e. The third kappa shape index (κ3) is 4.97. The van der Waals surface area contributed by atoms with Gasteiger partial charge in [-0.2, -0.15) is 0 Å². The molecule has 33 heavy (non-hydrogen) atoms. The number of hydrogen-bond acceptors (Lipinski definition) is 4. The third-order valence-corrected chi connectivity index (χ3v) is 5.74. The lowest BCUT2D eigenvalue weighted by molar-refractivity contribution is -0.122. The number of nitrogens with zero attached hydrogens (tertiary/aromatic N) is 1. The number of aryl methyl sites for hydroxylation is 2. The van der Waals surface area contributed by atoms with Gasteiger partial charge in [0.25, 0.3) is 11.8 Å². The second kappa shape index (κ2) is 9.57. The van der Waals surface area contributed by atoms with Crippen molar-refractivity contribution >= 4 is 52.5 Å². The first-order valence-electron chi connectivity index (χ1n) is 10.3. The number of rotatable bonds is 5. The van der Waals surface area contributed by atoms with Gasteiger partial charge in [0.1, 0.15) is 17.9 Å². The van der Waals surface area contributed by atoms with Crippen molar-refractivity contribution in [2.75, 3.05) is 4.90 Å². The van der Waals surface area contributed by atoms with E-state index in [0.29, 0.717) is 17.3 Å². The van der Waals surface area contributed by atoms with E-state index in [1.165, 1.54) is 4.90 Å². The Morgan fingerprint density at radius 1 is 1.00 bits per heavy atom. The molecule has 1 aliphatic heterocycles. The van der Waals surface area contributed by atoms with Crippen molar-refractivity contribution in [1.29, 1.82) is 0 Å². The van der Waals surface area contributed by atoms with Crippen LogP contribution in [0.3, 0.4) is 0 Å². The van der Waals surface area contributed by atoms with E-state index in [2.05, 4.69) is 5.32 Å². The van der Waals surface area contributed by atoms with Gasteiger partial charge < -0.3 is 4.74 Å². The Kier molecular flexibility index (Phi) is 6.58. The van der Waals surface area contributed by atoms with Crippen LogP contribution in [-0.4, -0.2) is 16.9 Å². The molecule has 0 aromatic heterocycles. The molecule has 0 atom stereocenters. The van der Waals surface area contributed by atoms with Crippen LogP contribution in [0.25, 0.3) is 6.08 Å². The normalized spacial score (nSPS) is 15.1. The smallest absolute Gasteiger partial charge is 0.270 e. The summed E-state index contributed by atoms with van der Waals surface area (Å²) in [5.74, 6) is -0.245. The molecule has 0 aliphatic carbocycles. The van der Waals surface area contributed by atoms with Crippen LogP contribution in [0.15, 0.2) is 72.3 Å². The number of ether oxygens (including phenoxy) is 1. The van der Waals surface area contributed by atoms with Gasteiger partial charge in [0.15, 0.2) is 5.11 Å². The van der Waals surface area contributed by atoms with Crippen molar-refractivity contribution in [1.82, 2.24) is 5.32 Å². The second-order valence-corrected chi connectivity index (χ2v) is 8.52. The van der Waals surface area contributed by atoms with Crippen molar-refractivity contribution in [3.05, 3.63) is 99.6 Å². The molecule has 1 heterocycles. The number of benzene rings is 3. The van der Waals surface area contributed by atoms with Crippen LogP contribution < -0.4 is 15.0 Å². The molecule has 1 aliphatic rings. The van der Waals surface area contributed by atoms with E-state index in [-0.39, 0.29) is 10.7 Å². The minimum Gasteiger partial charge on any atom is -0.488 e. The fourth-order valence-corrected chi connectivity index (χ4v) is 4.08. The van der Waals surface area contributed by atoms with Crippen molar-refractivity contribution in [3.8, 4) is 5.75 Å². The molecule has 3 aromatic carbocycles. The summed E-state index contributed by atoms with van der Waals surface area (Å²) in [5, 5.41) is 3.16. The van der Waals surface area contributed by atoms with Crippen LogP contribution in [0.5, 0.6) is 5.75 Å². The fourth-order valence-electron chi connectivity index (χ4n) is 3.67. The third-order valence-electron chi connectivity index (χ3n) is 5.21. The molecule has 1 fully saturated rings. The summed E-state index contributed by atoms with van der Waals surface area (Å²) in [7, 11) is 0. The van der Waals surface area contributed by atoms with Crippen LogP contribution in [-0.2, 0) is 16.2 Å². The van der Waals surface area contributed by atoms with Gasteiger partial charge in [0.2, 0.25) is 0 Å². The fraction of sp³-hybridized carbons (Fsp3) is 0.115. The molecule has 0 unspecified atom stereocenters. The highest BCUT2D eigenvalue weighted by molar-refractivity contribution is 7.80. The predicted octanol–water partition coefficient (Wildman–Crippen LogP) is 5.37. The molecule has 0 saturated carbocycles. The number of amides is 2. The molecular formula is C26H21ClN2O3S. The molecular weight excluding hydrogens is 456 g/mol. The Hall–Kier alpha value is -3.48. The van der Waals surface area contributed by atoms with Gasteiger partial charge in [-0.05, 0) is 90.8 Å². The lowest BCUT2D eigenvalue weighted by Gasteiger charge is -2.29. The molecule has 3 aromatic rings. The number of thiocarbonyl (C=S) groups is 1. The quantitative estimate of drug-likeness (QED) is 0.305. The number of carbonyl (C=O) groups is 2. The summed E-state index contributed by atoms with van der Waals surface area (Å²) in [6.07, 6.45) is 1.57. The van der Waals surface area contributed by atoms with Gasteiger partial charge >= 0.3 is 0 Å². The highest BCUT2D eigenvalue weighted by atomic mass is 35.5. The van der Waals surface area contributed by atoms with Gasteiger partial charge in [-0.1, -0.05) is 41.9 Å². The van der Waals surface area contributed by atoms with E-state index in [4.69, 9.17) is 28.6 Å².